The van der Waals surface area contributed by atoms with Crippen LogP contribution in [0.5, 0.6) is 0 Å². The Balaban J connectivity index is 1.42. The molecule has 1 aromatic carbocycles. The Hall–Kier alpha value is -1.30. The minimum absolute atomic E-state index is 0.0519. The Morgan fingerprint density at radius 3 is 2.11 bits per heavy atom. The van der Waals surface area contributed by atoms with E-state index in [4.69, 9.17) is 23.2 Å². The molecule has 17 heteroatoms. The Bertz CT molecular complexity index is 1660. The Morgan fingerprint density at radius 2 is 1.56 bits per heavy atom. The van der Waals surface area contributed by atoms with E-state index in [0.717, 1.165) is 49.9 Å². The number of anilines is 1. The Kier molecular flexibility index (Phi) is 14.6. The van der Waals surface area contributed by atoms with Crippen molar-refractivity contribution in [1.29, 1.82) is 0 Å². The van der Waals surface area contributed by atoms with Crippen LogP contribution in [0.15, 0.2) is 60.6 Å². The lowest BCUT2D eigenvalue weighted by atomic mass is 10.1. The summed E-state index contributed by atoms with van der Waals surface area (Å²) in [5, 5.41) is 10.1. The SMILES string of the molecule is CN(CCCCCCCCN(C)S(=O)(=O)c1cc(Br)c(Cl)s1)c1ncc(S(=O)(=O)NC(Cc2ccc(Cl)cc2)C(=O)O)cc1Br. The van der Waals surface area contributed by atoms with Gasteiger partial charge in [0.15, 0.2) is 0 Å². The monoisotopic (exact) mass is 846 g/mol. The summed E-state index contributed by atoms with van der Waals surface area (Å²) >= 11 is 19.6. The lowest BCUT2D eigenvalue weighted by Crippen LogP contribution is -2.42. The molecule has 0 aliphatic carbocycles. The molecular weight excluding hydrogens is 815 g/mol. The van der Waals surface area contributed by atoms with E-state index in [2.05, 4.69) is 41.6 Å². The van der Waals surface area contributed by atoms with Crippen LogP contribution < -0.4 is 9.62 Å². The van der Waals surface area contributed by atoms with E-state index >= 15 is 0 Å². The lowest BCUT2D eigenvalue weighted by Gasteiger charge is -2.20. The normalized spacial score (nSPS) is 12.9. The van der Waals surface area contributed by atoms with E-state index in [-0.39, 0.29) is 15.5 Å². The van der Waals surface area contributed by atoms with Gasteiger partial charge in [0.05, 0.1) is 4.47 Å². The predicted molar refractivity (Wildman–Crippen MR) is 187 cm³/mol. The molecule has 0 amide bonds. The van der Waals surface area contributed by atoms with Crippen molar-refractivity contribution in [2.24, 2.45) is 0 Å². The maximum Gasteiger partial charge on any atom is 0.322 e. The molecule has 45 heavy (non-hydrogen) atoms. The first-order valence-corrected chi connectivity index (χ1v) is 20.0. The van der Waals surface area contributed by atoms with Crippen molar-refractivity contribution in [3.63, 3.8) is 0 Å². The molecule has 1 atom stereocenters. The summed E-state index contributed by atoms with van der Waals surface area (Å²) in [6.07, 6.45) is 6.65. The third-order valence-corrected chi connectivity index (χ3v) is 14.0. The molecule has 0 bridgehead atoms. The van der Waals surface area contributed by atoms with Crippen molar-refractivity contribution in [3.05, 3.63) is 66.5 Å². The van der Waals surface area contributed by atoms with Gasteiger partial charge in [-0.3, -0.25) is 4.79 Å². The minimum atomic E-state index is -4.17. The summed E-state index contributed by atoms with van der Waals surface area (Å²) in [6.45, 7) is 1.12. The van der Waals surface area contributed by atoms with Gasteiger partial charge in [-0.2, -0.15) is 4.72 Å². The quantitative estimate of drug-likeness (QED) is 0.130. The van der Waals surface area contributed by atoms with Crippen LogP contribution in [0.3, 0.4) is 0 Å². The van der Waals surface area contributed by atoms with Crippen molar-refractivity contribution < 1.29 is 26.7 Å². The van der Waals surface area contributed by atoms with Crippen molar-refractivity contribution >= 4 is 98.2 Å². The molecule has 0 aliphatic rings. The van der Waals surface area contributed by atoms with E-state index in [0.29, 0.717) is 42.8 Å². The number of nitrogens with one attached hydrogen (secondary N) is 1. The highest BCUT2D eigenvalue weighted by Crippen LogP contribution is 2.35. The number of pyridine rings is 1. The zero-order valence-corrected chi connectivity index (χ0v) is 31.7. The van der Waals surface area contributed by atoms with Gasteiger partial charge in [-0.05, 0) is 81.0 Å². The van der Waals surface area contributed by atoms with Crippen molar-refractivity contribution in [2.75, 3.05) is 32.1 Å². The molecular formula is C28H34Br2Cl2N4O6S3. The maximum absolute atomic E-state index is 13.0. The molecule has 1 unspecified atom stereocenters. The molecule has 2 heterocycles. The second-order valence-electron chi connectivity index (χ2n) is 10.4. The predicted octanol–water partition coefficient (Wildman–Crippen LogP) is 7.05. The number of carboxylic acid groups (broad SMARTS) is 1. The molecule has 2 N–H and O–H groups in total. The average Bonchev–Trinajstić information content (AvgIpc) is 3.33. The maximum atomic E-state index is 13.0. The van der Waals surface area contributed by atoms with Gasteiger partial charge in [-0.25, -0.2) is 26.1 Å². The van der Waals surface area contributed by atoms with Crippen LogP contribution in [0, 0.1) is 0 Å². The van der Waals surface area contributed by atoms with Crippen molar-refractivity contribution in [3.8, 4) is 0 Å². The minimum Gasteiger partial charge on any atom is -0.480 e. The number of unbranched alkanes of at least 4 members (excludes halogenated alkanes) is 5. The van der Waals surface area contributed by atoms with Gasteiger partial charge in [0.25, 0.3) is 10.0 Å². The third-order valence-electron chi connectivity index (χ3n) is 6.92. The summed E-state index contributed by atoms with van der Waals surface area (Å²) in [5.41, 5.74) is 0.624. The first kappa shape index (κ1) is 38.2. The average molecular weight is 850 g/mol. The summed E-state index contributed by atoms with van der Waals surface area (Å²) in [7, 11) is -4.29. The summed E-state index contributed by atoms with van der Waals surface area (Å²) in [4.78, 5) is 17.9. The Morgan fingerprint density at radius 1 is 0.956 bits per heavy atom. The smallest absolute Gasteiger partial charge is 0.322 e. The summed E-state index contributed by atoms with van der Waals surface area (Å²) in [5.74, 6) is -0.737. The van der Waals surface area contributed by atoms with Crippen LogP contribution in [0.1, 0.15) is 44.1 Å². The third kappa shape index (κ3) is 11.1. The van der Waals surface area contributed by atoms with Crippen LogP contribution in [0.25, 0.3) is 0 Å². The van der Waals surface area contributed by atoms with Crippen LogP contribution in [-0.2, 0) is 31.3 Å². The second-order valence-corrected chi connectivity index (χ2v) is 18.2. The summed E-state index contributed by atoms with van der Waals surface area (Å²) in [6, 6.07) is 8.08. The molecule has 0 saturated carbocycles. The highest BCUT2D eigenvalue weighted by atomic mass is 79.9. The number of thiophene rings is 1. The highest BCUT2D eigenvalue weighted by Gasteiger charge is 2.27. The number of carbonyl (C=O) groups is 1. The van der Waals surface area contributed by atoms with Crippen LogP contribution in [0.4, 0.5) is 5.82 Å². The van der Waals surface area contributed by atoms with Gasteiger partial charge < -0.3 is 10.0 Å². The molecule has 248 valence electrons. The molecule has 3 rings (SSSR count). The number of rotatable bonds is 18. The number of hydrogen-bond acceptors (Lipinski definition) is 8. The van der Waals surface area contributed by atoms with E-state index in [1.165, 1.54) is 22.6 Å². The second kappa shape index (κ2) is 17.2. The fourth-order valence-electron chi connectivity index (χ4n) is 4.36. The van der Waals surface area contributed by atoms with Crippen molar-refractivity contribution in [1.82, 2.24) is 14.0 Å². The number of halogens is 4. The fourth-order valence-corrected chi connectivity index (χ4v) is 10.2. The van der Waals surface area contributed by atoms with Crippen molar-refractivity contribution in [2.45, 2.75) is 60.1 Å². The number of aliphatic carboxylic acids is 1. The standard InChI is InChI=1S/C28H34Br2Cl2N4O6S3/c1-35(13-7-5-3-4-6-8-14-36(2)45(41,42)25-17-22(29)26(32)43-25)27-23(30)16-21(18-33-27)44(39,40)34-24(28(37)38)15-19-9-11-20(31)12-10-19/h9-12,16-18,24,34H,3-8,13-15H2,1-2H3,(H,37,38). The van der Waals surface area contributed by atoms with Crippen LogP contribution in [0.2, 0.25) is 9.36 Å². The van der Waals surface area contributed by atoms with E-state index in [9.17, 15) is 26.7 Å². The number of benzene rings is 1. The number of aromatic nitrogens is 1. The van der Waals surface area contributed by atoms with E-state index < -0.39 is 32.1 Å². The molecule has 0 spiro atoms. The zero-order valence-electron chi connectivity index (χ0n) is 24.5. The number of sulfonamides is 2. The van der Waals surface area contributed by atoms with Gasteiger partial charge in [-0.1, -0.05) is 61.0 Å². The molecule has 3 aromatic rings. The van der Waals surface area contributed by atoms with Gasteiger partial charge in [0, 0.05) is 42.9 Å². The summed E-state index contributed by atoms with van der Waals surface area (Å²) < 4.78 is 56.7. The van der Waals surface area contributed by atoms with E-state index in [1.54, 1.807) is 31.3 Å². The number of hydrogen-bond donors (Lipinski definition) is 2. The molecule has 0 saturated heterocycles. The first-order valence-electron chi connectivity index (χ1n) is 13.9. The molecule has 2 aromatic heterocycles. The van der Waals surface area contributed by atoms with Gasteiger partial charge in [0.2, 0.25) is 10.0 Å². The molecule has 10 nitrogen and oxygen atoms in total. The molecule has 0 aliphatic heterocycles. The van der Waals surface area contributed by atoms with Gasteiger partial charge >= 0.3 is 5.97 Å². The number of nitrogens with zero attached hydrogens (tertiary/aromatic N) is 3. The topological polar surface area (TPSA) is 137 Å². The Labute approximate surface area is 295 Å². The fraction of sp³-hybridized carbons (Fsp3) is 0.429. The first-order chi connectivity index (χ1) is 21.1. The van der Waals surface area contributed by atoms with Gasteiger partial charge in [-0.15, -0.1) is 11.3 Å². The largest absolute Gasteiger partial charge is 0.480 e. The van der Waals surface area contributed by atoms with Gasteiger partial charge in [0.1, 0.15) is 25.3 Å². The van der Waals surface area contributed by atoms with Crippen LogP contribution in [-0.4, -0.2) is 70.4 Å². The highest BCUT2D eigenvalue weighted by molar-refractivity contribution is 9.11. The lowest BCUT2D eigenvalue weighted by molar-refractivity contribution is -0.138. The molecule has 0 radical (unpaired) electrons. The number of carboxylic acids is 1. The zero-order chi connectivity index (χ0) is 33.4. The van der Waals surface area contributed by atoms with Crippen LogP contribution >= 0.6 is 66.4 Å². The molecule has 0 fully saturated rings. The van der Waals surface area contributed by atoms with E-state index in [1.807, 2.05) is 11.9 Å².